The van der Waals surface area contributed by atoms with E-state index in [0.29, 0.717) is 34.2 Å². The van der Waals surface area contributed by atoms with Crippen LogP contribution in [0.3, 0.4) is 0 Å². The van der Waals surface area contributed by atoms with Crippen LogP contribution in [0.5, 0.6) is 5.75 Å². The van der Waals surface area contributed by atoms with E-state index in [1.807, 2.05) is 24.3 Å². The number of aliphatic hydroxyl groups is 1. The van der Waals surface area contributed by atoms with Crippen molar-refractivity contribution in [1.82, 2.24) is 0 Å². The topological polar surface area (TPSA) is 40.5 Å². The van der Waals surface area contributed by atoms with E-state index in [1.165, 1.54) is 31.2 Å². The van der Waals surface area contributed by atoms with Crippen LogP contribution in [-0.2, 0) is 0 Å². The van der Waals surface area contributed by atoms with Crippen LogP contribution in [0.1, 0.15) is 50.5 Å². The van der Waals surface area contributed by atoms with Crippen molar-refractivity contribution in [3.63, 3.8) is 0 Å². The number of phenolic OH excluding ortho intramolecular Hbond substituents is 1. The van der Waals surface area contributed by atoms with Crippen LogP contribution in [0.2, 0.25) is 0 Å². The van der Waals surface area contributed by atoms with Crippen LogP contribution in [0, 0.1) is 28.6 Å². The minimum Gasteiger partial charge on any atom is -0.508 e. The van der Waals surface area contributed by atoms with E-state index >= 15 is 0 Å². The largest absolute Gasteiger partial charge is 0.508 e. The highest BCUT2D eigenvalue weighted by molar-refractivity contribution is 5.37. The molecule has 5 rings (SSSR count). The molecule has 3 fully saturated rings. The average Bonchev–Trinajstić information content (AvgIpc) is 3.05. The molecule has 1 spiro atoms. The van der Waals surface area contributed by atoms with E-state index in [4.69, 9.17) is 0 Å². The molecule has 1 aromatic rings. The second-order valence-corrected chi connectivity index (χ2v) is 8.95. The third kappa shape index (κ3) is 1.72. The fraction of sp³-hybridized carbons (Fsp3) is 0.545. The smallest absolute Gasteiger partial charge is 0.115 e. The molecule has 4 aliphatic carbocycles. The molecule has 3 saturated carbocycles. The van der Waals surface area contributed by atoms with E-state index in [0.717, 1.165) is 18.3 Å². The van der Waals surface area contributed by atoms with Crippen LogP contribution in [0.4, 0.5) is 0 Å². The Morgan fingerprint density at radius 1 is 1.04 bits per heavy atom. The van der Waals surface area contributed by atoms with E-state index in [1.54, 1.807) is 0 Å². The lowest BCUT2D eigenvalue weighted by Gasteiger charge is -2.66. The molecular weight excluding hydrogens is 296 g/mol. The number of hydrogen-bond acceptors (Lipinski definition) is 2. The maximum absolute atomic E-state index is 9.67. The maximum Gasteiger partial charge on any atom is 0.115 e. The number of aliphatic hydroxyl groups excluding tert-OH is 1. The Bertz CT molecular complexity index is 731. The van der Waals surface area contributed by atoms with Gasteiger partial charge in [-0.1, -0.05) is 25.1 Å². The first-order chi connectivity index (χ1) is 11.5. The molecule has 6 atom stereocenters. The van der Waals surface area contributed by atoms with Gasteiger partial charge in [-0.2, -0.15) is 0 Å². The highest BCUT2D eigenvalue weighted by Gasteiger charge is 2.74. The van der Waals surface area contributed by atoms with Crippen molar-refractivity contribution in [2.45, 2.75) is 44.9 Å². The summed E-state index contributed by atoms with van der Waals surface area (Å²) in [6, 6.07) is 8.00. The second kappa shape index (κ2) is 4.68. The van der Waals surface area contributed by atoms with Gasteiger partial charge in [0.1, 0.15) is 11.5 Å². The highest BCUT2D eigenvalue weighted by atomic mass is 16.3. The Hall–Kier alpha value is -1.70. The number of benzene rings is 1. The van der Waals surface area contributed by atoms with Crippen molar-refractivity contribution in [1.29, 1.82) is 0 Å². The molecule has 0 aliphatic heterocycles. The molecule has 2 heteroatoms. The first kappa shape index (κ1) is 14.6. The zero-order valence-electron chi connectivity index (χ0n) is 14.3. The second-order valence-electron chi connectivity index (χ2n) is 8.95. The molecule has 24 heavy (non-hydrogen) atoms. The van der Waals surface area contributed by atoms with Gasteiger partial charge in [-0.05, 0) is 96.5 Å². The number of phenols is 1. The minimum absolute atomic E-state index is 0.364. The number of rotatable bonds is 2. The van der Waals surface area contributed by atoms with Gasteiger partial charge in [-0.15, -0.1) is 0 Å². The van der Waals surface area contributed by atoms with Gasteiger partial charge in [-0.3, -0.25) is 0 Å². The maximum atomic E-state index is 9.67. The van der Waals surface area contributed by atoms with Gasteiger partial charge in [0.25, 0.3) is 0 Å². The average molecular weight is 322 g/mol. The zero-order chi connectivity index (χ0) is 16.5. The fourth-order valence-corrected chi connectivity index (χ4v) is 7.16. The first-order valence-electron chi connectivity index (χ1n) is 9.38. The quantitative estimate of drug-likeness (QED) is 0.773. The normalized spacial score (nSPS) is 45.6. The molecule has 126 valence electrons. The molecule has 0 aromatic heterocycles. The van der Waals surface area contributed by atoms with Gasteiger partial charge < -0.3 is 10.2 Å². The Morgan fingerprint density at radius 2 is 1.83 bits per heavy atom. The number of hydrogen-bond donors (Lipinski definition) is 2. The summed E-state index contributed by atoms with van der Waals surface area (Å²) in [5.41, 5.74) is 2.33. The van der Waals surface area contributed by atoms with E-state index in [2.05, 4.69) is 25.1 Å². The van der Waals surface area contributed by atoms with Gasteiger partial charge in [0.15, 0.2) is 0 Å². The monoisotopic (exact) mass is 322 g/mol. The summed E-state index contributed by atoms with van der Waals surface area (Å²) in [6.07, 6.45) is 12.6. The van der Waals surface area contributed by atoms with E-state index in [9.17, 15) is 10.2 Å². The SMILES string of the molecule is CC12CC3CC(c4ccc(O)cc4)C1(C3)C(C1C=CC(O)=CC1)C2. The lowest BCUT2D eigenvalue weighted by molar-refractivity contribution is -0.147. The lowest BCUT2D eigenvalue weighted by atomic mass is 9.38. The summed E-state index contributed by atoms with van der Waals surface area (Å²) in [7, 11) is 0. The Morgan fingerprint density at radius 3 is 2.50 bits per heavy atom. The first-order valence-corrected chi connectivity index (χ1v) is 9.38. The van der Waals surface area contributed by atoms with Crippen LogP contribution in [-0.4, -0.2) is 10.2 Å². The van der Waals surface area contributed by atoms with Crippen molar-refractivity contribution in [3.05, 3.63) is 53.8 Å². The molecule has 2 nitrogen and oxygen atoms in total. The molecule has 2 N–H and O–H groups in total. The van der Waals surface area contributed by atoms with Crippen molar-refractivity contribution in [2.75, 3.05) is 0 Å². The van der Waals surface area contributed by atoms with Crippen LogP contribution in [0.15, 0.2) is 48.3 Å². The summed E-state index contributed by atoms with van der Waals surface area (Å²) >= 11 is 0. The highest BCUT2D eigenvalue weighted by Crippen LogP contribution is 2.82. The van der Waals surface area contributed by atoms with Gasteiger partial charge in [0, 0.05) is 0 Å². The standard InChI is InChI=1S/C22H26O2/c1-21-11-14-10-19(15-2-6-17(23)7-3-15)22(21,12-14)20(13-21)16-4-8-18(24)9-5-16/h2-4,6-9,14,16,19-20,23-24H,5,10-13H2,1H3. The molecule has 0 amide bonds. The lowest BCUT2D eigenvalue weighted by Crippen LogP contribution is -2.58. The van der Waals surface area contributed by atoms with Gasteiger partial charge >= 0.3 is 0 Å². The number of allylic oxidation sites excluding steroid dienone is 3. The summed E-state index contributed by atoms with van der Waals surface area (Å²) in [5.74, 6) is 3.60. The summed E-state index contributed by atoms with van der Waals surface area (Å²) in [6.45, 7) is 2.52. The van der Waals surface area contributed by atoms with Crippen molar-refractivity contribution in [2.24, 2.45) is 28.6 Å². The Labute approximate surface area is 143 Å². The van der Waals surface area contributed by atoms with Gasteiger partial charge in [0.05, 0.1) is 0 Å². The molecule has 6 unspecified atom stereocenters. The number of aromatic hydroxyl groups is 1. The molecule has 2 bridgehead atoms. The zero-order valence-corrected chi connectivity index (χ0v) is 14.3. The third-order valence-corrected chi connectivity index (χ3v) is 7.94. The van der Waals surface area contributed by atoms with Crippen molar-refractivity contribution < 1.29 is 10.2 Å². The predicted molar refractivity (Wildman–Crippen MR) is 94.8 cm³/mol. The predicted octanol–water partition coefficient (Wildman–Crippen LogP) is 5.32. The van der Waals surface area contributed by atoms with Gasteiger partial charge in [-0.25, -0.2) is 0 Å². The summed E-state index contributed by atoms with van der Waals surface area (Å²) in [4.78, 5) is 0. The summed E-state index contributed by atoms with van der Waals surface area (Å²) in [5, 5.41) is 19.3. The molecule has 4 aliphatic rings. The van der Waals surface area contributed by atoms with Crippen molar-refractivity contribution >= 4 is 0 Å². The van der Waals surface area contributed by atoms with E-state index < -0.39 is 0 Å². The summed E-state index contributed by atoms with van der Waals surface area (Å²) < 4.78 is 0. The molecule has 0 saturated heterocycles. The third-order valence-electron chi connectivity index (χ3n) is 7.94. The Balaban J connectivity index is 1.52. The Kier molecular flexibility index (Phi) is 2.85. The van der Waals surface area contributed by atoms with Crippen LogP contribution < -0.4 is 0 Å². The fourth-order valence-electron chi connectivity index (χ4n) is 7.16. The van der Waals surface area contributed by atoms with Crippen LogP contribution >= 0.6 is 0 Å². The minimum atomic E-state index is 0.364. The number of fused-ring (bicyclic) bond motifs is 1. The molecule has 0 radical (unpaired) electrons. The molecule has 1 aromatic carbocycles. The van der Waals surface area contributed by atoms with E-state index in [-0.39, 0.29) is 0 Å². The van der Waals surface area contributed by atoms with Crippen molar-refractivity contribution in [3.8, 4) is 5.75 Å². The molecular formula is C22H26O2. The molecule has 0 heterocycles. The van der Waals surface area contributed by atoms with Gasteiger partial charge in [0.2, 0.25) is 0 Å². The van der Waals surface area contributed by atoms with Crippen LogP contribution in [0.25, 0.3) is 0 Å².